The van der Waals surface area contributed by atoms with Gasteiger partial charge in [0, 0.05) is 5.56 Å². The first-order valence-electron chi connectivity index (χ1n) is 11.3. The number of carbonyl (C=O) groups excluding carboxylic acids is 2. The van der Waals surface area contributed by atoms with Crippen LogP contribution in [-0.4, -0.2) is 67.6 Å². The lowest BCUT2D eigenvalue weighted by Crippen LogP contribution is -2.46. The van der Waals surface area contributed by atoms with Crippen LogP contribution in [0.15, 0.2) is 48.8 Å². The molecule has 0 aliphatic carbocycles. The van der Waals surface area contributed by atoms with Crippen molar-refractivity contribution in [1.82, 2.24) is 14.6 Å². The smallest absolute Gasteiger partial charge is 0.323 e. The maximum atomic E-state index is 12.6. The highest BCUT2D eigenvalue weighted by atomic mass is 16.6. The topological polar surface area (TPSA) is 161 Å². The average molecular weight is 484 g/mol. The number of hydrogen-bond donors (Lipinski definition) is 4. The number of aromatic nitrogens is 3. The molecular weight excluding hydrogens is 454 g/mol. The van der Waals surface area contributed by atoms with Gasteiger partial charge in [0.15, 0.2) is 11.9 Å². The molecule has 0 unspecified atom stereocenters. The van der Waals surface area contributed by atoms with Gasteiger partial charge >= 0.3 is 5.97 Å². The molecule has 0 radical (unpaired) electrons. The maximum absolute atomic E-state index is 12.6. The van der Waals surface area contributed by atoms with E-state index >= 15 is 0 Å². The number of amides is 1. The molecule has 35 heavy (non-hydrogen) atoms. The summed E-state index contributed by atoms with van der Waals surface area (Å²) in [4.78, 5) is 29.3. The molecule has 1 aromatic carbocycles. The number of aliphatic hydroxyl groups excluding tert-OH is 2. The second kappa shape index (κ2) is 9.70. The number of anilines is 1. The summed E-state index contributed by atoms with van der Waals surface area (Å²) < 4.78 is 13.0. The highest BCUT2D eigenvalue weighted by molar-refractivity contribution is 6.05. The van der Waals surface area contributed by atoms with E-state index in [2.05, 4.69) is 15.4 Å². The van der Waals surface area contributed by atoms with Crippen LogP contribution >= 0.6 is 0 Å². The summed E-state index contributed by atoms with van der Waals surface area (Å²) >= 11 is 0. The minimum absolute atomic E-state index is 0.170. The molecular formula is C24H29N5O6. The zero-order valence-corrected chi connectivity index (χ0v) is 19.7. The van der Waals surface area contributed by atoms with Crippen LogP contribution in [0.3, 0.4) is 0 Å². The van der Waals surface area contributed by atoms with E-state index in [-0.39, 0.29) is 17.6 Å². The van der Waals surface area contributed by atoms with Gasteiger partial charge in [-0.15, -0.1) is 0 Å². The Morgan fingerprint density at radius 1 is 1.26 bits per heavy atom. The number of ether oxygens (including phenoxy) is 2. The summed E-state index contributed by atoms with van der Waals surface area (Å²) in [6.45, 7) is 4.68. The minimum atomic E-state index is -1.40. The van der Waals surface area contributed by atoms with Crippen LogP contribution in [0.4, 0.5) is 5.82 Å². The standard InChI is InChI=1S/C24H29N5O6/c1-13(2)18(25)23(33)34-19-16(11-30)35-24(3,20(19)31)17-10-9-15-21(26-12-27-29(15)17)28-22(32)14-7-5-4-6-8-14/h4-10,12-13,16,18-20,30-31H,11,25H2,1-3H3,(H,26,27,28,32)/t16-,18+,19-,20-,24+/m1/s1. The number of esters is 1. The lowest BCUT2D eigenvalue weighted by Gasteiger charge is -2.28. The van der Waals surface area contributed by atoms with E-state index in [1.165, 1.54) is 10.8 Å². The molecule has 1 fully saturated rings. The zero-order chi connectivity index (χ0) is 25.3. The van der Waals surface area contributed by atoms with E-state index in [0.717, 1.165) is 0 Å². The summed E-state index contributed by atoms with van der Waals surface area (Å²) in [6, 6.07) is 11.2. The Hall–Kier alpha value is -3.38. The Balaban J connectivity index is 1.64. The molecule has 1 aliphatic heterocycles. The SMILES string of the molecule is CC(C)[C@H](N)C(=O)O[C@H]1[C@@H](O)[C@](C)(c2ccc3c(NC(=O)c4ccccc4)ncnn23)O[C@@H]1CO. The van der Waals surface area contributed by atoms with Crippen molar-refractivity contribution in [3.05, 3.63) is 60.0 Å². The van der Waals surface area contributed by atoms with Crippen molar-refractivity contribution >= 4 is 23.2 Å². The lowest BCUT2D eigenvalue weighted by molar-refractivity contribution is -0.159. The fraction of sp³-hybridized carbons (Fsp3) is 0.417. The molecule has 186 valence electrons. The number of fused-ring (bicyclic) bond motifs is 1. The third-order valence-corrected chi connectivity index (χ3v) is 6.29. The summed E-state index contributed by atoms with van der Waals surface area (Å²) in [5, 5.41) is 28.1. The second-order valence-corrected chi connectivity index (χ2v) is 9.01. The summed E-state index contributed by atoms with van der Waals surface area (Å²) in [5.74, 6) is -0.938. The van der Waals surface area contributed by atoms with Crippen LogP contribution in [-0.2, 0) is 19.9 Å². The number of hydrogen-bond acceptors (Lipinski definition) is 9. The number of carbonyl (C=O) groups is 2. The van der Waals surface area contributed by atoms with Gasteiger partial charge in [0.25, 0.3) is 5.91 Å². The van der Waals surface area contributed by atoms with Crippen molar-refractivity contribution in [1.29, 1.82) is 0 Å². The molecule has 0 bridgehead atoms. The molecule has 0 spiro atoms. The number of benzene rings is 1. The van der Waals surface area contributed by atoms with Crippen LogP contribution in [0.2, 0.25) is 0 Å². The molecule has 11 heteroatoms. The molecule has 1 aliphatic rings. The predicted molar refractivity (Wildman–Crippen MR) is 125 cm³/mol. The Bertz CT molecular complexity index is 1220. The average Bonchev–Trinajstić information content (AvgIpc) is 3.40. The Morgan fingerprint density at radius 3 is 2.63 bits per heavy atom. The zero-order valence-electron chi connectivity index (χ0n) is 19.7. The number of nitrogens with zero attached hydrogens (tertiary/aromatic N) is 3. The molecule has 5 atom stereocenters. The third kappa shape index (κ3) is 4.50. The number of aliphatic hydroxyl groups is 2. The molecule has 2 aromatic heterocycles. The molecule has 3 heterocycles. The first kappa shape index (κ1) is 24.7. The van der Waals surface area contributed by atoms with Gasteiger partial charge in [-0.1, -0.05) is 32.0 Å². The van der Waals surface area contributed by atoms with Crippen LogP contribution in [0.25, 0.3) is 5.52 Å². The Kier molecular flexibility index (Phi) is 6.86. The fourth-order valence-corrected chi connectivity index (χ4v) is 4.12. The van der Waals surface area contributed by atoms with Gasteiger partial charge in [0.05, 0.1) is 12.3 Å². The summed E-state index contributed by atoms with van der Waals surface area (Å²) in [5.41, 5.74) is 5.84. The lowest BCUT2D eigenvalue weighted by atomic mass is 9.93. The molecule has 11 nitrogen and oxygen atoms in total. The fourth-order valence-electron chi connectivity index (χ4n) is 4.12. The molecule has 0 saturated carbocycles. The normalized spacial score (nSPS) is 25.1. The van der Waals surface area contributed by atoms with Crippen molar-refractivity contribution in [2.24, 2.45) is 11.7 Å². The van der Waals surface area contributed by atoms with Gasteiger partial charge in [0.1, 0.15) is 35.7 Å². The first-order chi connectivity index (χ1) is 16.7. The van der Waals surface area contributed by atoms with E-state index < -0.39 is 42.5 Å². The highest BCUT2D eigenvalue weighted by Crippen LogP contribution is 2.41. The molecule has 3 aromatic rings. The monoisotopic (exact) mass is 483 g/mol. The van der Waals surface area contributed by atoms with E-state index in [9.17, 15) is 19.8 Å². The Morgan fingerprint density at radius 2 is 1.97 bits per heavy atom. The van der Waals surface area contributed by atoms with E-state index in [1.54, 1.807) is 57.2 Å². The van der Waals surface area contributed by atoms with Crippen molar-refractivity contribution in [3.63, 3.8) is 0 Å². The van der Waals surface area contributed by atoms with Gasteiger partial charge in [-0.2, -0.15) is 5.10 Å². The van der Waals surface area contributed by atoms with Gasteiger partial charge in [0.2, 0.25) is 0 Å². The summed E-state index contributed by atoms with van der Waals surface area (Å²) in [6.07, 6.45) is -2.20. The second-order valence-electron chi connectivity index (χ2n) is 9.01. The molecule has 4 rings (SSSR count). The van der Waals surface area contributed by atoms with Gasteiger partial charge in [-0.25, -0.2) is 9.50 Å². The predicted octanol–water partition coefficient (Wildman–Crippen LogP) is 0.844. The van der Waals surface area contributed by atoms with Crippen molar-refractivity contribution in [2.75, 3.05) is 11.9 Å². The van der Waals surface area contributed by atoms with Crippen LogP contribution in [0.5, 0.6) is 0 Å². The minimum Gasteiger partial charge on any atom is -0.455 e. The first-order valence-corrected chi connectivity index (χ1v) is 11.3. The highest BCUT2D eigenvalue weighted by Gasteiger charge is 2.56. The number of nitrogens with one attached hydrogen (secondary N) is 1. The maximum Gasteiger partial charge on any atom is 0.323 e. The van der Waals surface area contributed by atoms with Crippen LogP contribution < -0.4 is 11.1 Å². The third-order valence-electron chi connectivity index (χ3n) is 6.29. The number of rotatable bonds is 7. The Labute approximate surface area is 201 Å². The van der Waals surface area contributed by atoms with Gasteiger partial charge < -0.3 is 30.7 Å². The van der Waals surface area contributed by atoms with Crippen molar-refractivity contribution in [2.45, 2.75) is 50.7 Å². The largest absolute Gasteiger partial charge is 0.455 e. The van der Waals surface area contributed by atoms with E-state index in [1.807, 2.05) is 6.07 Å². The van der Waals surface area contributed by atoms with E-state index in [4.69, 9.17) is 15.2 Å². The van der Waals surface area contributed by atoms with Crippen LogP contribution in [0.1, 0.15) is 36.8 Å². The van der Waals surface area contributed by atoms with Gasteiger partial charge in [-0.05, 0) is 37.1 Å². The van der Waals surface area contributed by atoms with Crippen LogP contribution in [0, 0.1) is 5.92 Å². The van der Waals surface area contributed by atoms with E-state index in [0.29, 0.717) is 16.8 Å². The quantitative estimate of drug-likeness (QED) is 0.357. The summed E-state index contributed by atoms with van der Waals surface area (Å²) in [7, 11) is 0. The molecule has 1 amide bonds. The molecule has 1 saturated heterocycles. The van der Waals surface area contributed by atoms with Crippen molar-refractivity contribution in [3.8, 4) is 0 Å². The van der Waals surface area contributed by atoms with Gasteiger partial charge in [-0.3, -0.25) is 9.59 Å². The number of nitrogens with two attached hydrogens (primary N) is 1. The molecule has 5 N–H and O–H groups in total. The van der Waals surface area contributed by atoms with Crippen molar-refractivity contribution < 1.29 is 29.3 Å².